The fourth-order valence-electron chi connectivity index (χ4n) is 3.58. The van der Waals surface area contributed by atoms with Crippen LogP contribution in [0.3, 0.4) is 0 Å². The van der Waals surface area contributed by atoms with Crippen LogP contribution in [0.2, 0.25) is 0 Å². The largest absolute Gasteiger partial charge is 0.872 e. The SMILES string of the molecule is COc1ccccc1C1/C(=C(\[O-])c2ccncc2)C(=O)C(=O)N1CCC[NH+](C)C. The van der Waals surface area contributed by atoms with Gasteiger partial charge in [-0.25, -0.2) is 0 Å². The van der Waals surface area contributed by atoms with E-state index in [1.165, 1.54) is 29.3 Å². The number of carbonyl (C=O) groups is 2. The number of benzene rings is 1. The summed E-state index contributed by atoms with van der Waals surface area (Å²) in [5.74, 6) is -1.32. The molecule has 2 aromatic rings. The van der Waals surface area contributed by atoms with Crippen LogP contribution < -0.4 is 14.7 Å². The second-order valence-electron chi connectivity index (χ2n) is 7.26. The predicted molar refractivity (Wildman–Crippen MR) is 106 cm³/mol. The number of ether oxygens (including phenoxy) is 1. The highest BCUT2D eigenvalue weighted by atomic mass is 16.5. The molecular weight excluding hydrogens is 370 g/mol. The number of amides is 1. The maximum absolute atomic E-state index is 13.2. The molecule has 0 radical (unpaired) electrons. The molecule has 1 saturated heterocycles. The van der Waals surface area contributed by atoms with Gasteiger partial charge in [0, 0.05) is 36.5 Å². The van der Waals surface area contributed by atoms with Crippen molar-refractivity contribution in [1.29, 1.82) is 0 Å². The topological polar surface area (TPSA) is 87.0 Å². The van der Waals surface area contributed by atoms with Crippen molar-refractivity contribution < 1.29 is 24.3 Å². The fraction of sp³-hybridized carbons (Fsp3) is 0.318. The maximum atomic E-state index is 13.2. The molecule has 7 nitrogen and oxygen atoms in total. The lowest BCUT2D eigenvalue weighted by Gasteiger charge is -2.28. The minimum absolute atomic E-state index is 0.0390. The minimum atomic E-state index is -0.774. The summed E-state index contributed by atoms with van der Waals surface area (Å²) in [5.41, 5.74) is 0.919. The molecule has 1 amide bonds. The Morgan fingerprint density at radius 2 is 1.86 bits per heavy atom. The van der Waals surface area contributed by atoms with Gasteiger partial charge in [-0.05, 0) is 23.8 Å². The van der Waals surface area contributed by atoms with Crippen molar-refractivity contribution in [1.82, 2.24) is 9.88 Å². The monoisotopic (exact) mass is 395 g/mol. The number of likely N-dealkylation sites (tertiary alicyclic amines) is 1. The Morgan fingerprint density at radius 1 is 1.17 bits per heavy atom. The van der Waals surface area contributed by atoms with Crippen molar-refractivity contribution in [3.8, 4) is 5.75 Å². The predicted octanol–water partition coefficient (Wildman–Crippen LogP) is -0.151. The molecular formula is C22H25N3O4. The number of para-hydroxylation sites is 1. The molecule has 0 bridgehead atoms. The van der Waals surface area contributed by atoms with E-state index >= 15 is 0 Å². The van der Waals surface area contributed by atoms with Gasteiger partial charge in [-0.1, -0.05) is 24.0 Å². The summed E-state index contributed by atoms with van der Waals surface area (Å²) < 4.78 is 5.47. The number of aromatic nitrogens is 1. The first-order valence-corrected chi connectivity index (χ1v) is 9.54. The van der Waals surface area contributed by atoms with E-state index in [1.54, 1.807) is 24.3 Å². The number of methoxy groups -OCH3 is 1. The van der Waals surface area contributed by atoms with E-state index in [9.17, 15) is 14.7 Å². The Morgan fingerprint density at radius 3 is 2.52 bits per heavy atom. The molecule has 29 heavy (non-hydrogen) atoms. The molecule has 0 spiro atoms. The minimum Gasteiger partial charge on any atom is -0.872 e. The standard InChI is InChI=1S/C22H25N3O4/c1-24(2)13-6-14-25-19(16-7-4-5-8-17(16)29-3)18(21(27)22(25)28)20(26)15-9-11-23-12-10-15/h4-5,7-12,19,26H,6,13-14H2,1-3H3/b20-18+. The number of carbonyl (C=O) groups excluding carboxylic acids is 2. The van der Waals surface area contributed by atoms with E-state index in [1.807, 2.05) is 26.2 Å². The Balaban J connectivity index is 2.13. The highest BCUT2D eigenvalue weighted by Crippen LogP contribution is 2.41. The Hall–Kier alpha value is -3.19. The van der Waals surface area contributed by atoms with Crippen molar-refractivity contribution >= 4 is 17.4 Å². The van der Waals surface area contributed by atoms with E-state index < -0.39 is 23.5 Å². The molecule has 1 fully saturated rings. The number of hydrogen-bond acceptors (Lipinski definition) is 5. The molecule has 152 valence electrons. The zero-order valence-corrected chi connectivity index (χ0v) is 16.8. The highest BCUT2D eigenvalue weighted by molar-refractivity contribution is 6.46. The van der Waals surface area contributed by atoms with Crippen molar-refractivity contribution in [2.45, 2.75) is 12.5 Å². The fourth-order valence-corrected chi connectivity index (χ4v) is 3.58. The lowest BCUT2D eigenvalue weighted by atomic mass is 9.95. The quantitative estimate of drug-likeness (QED) is 0.400. The zero-order valence-electron chi connectivity index (χ0n) is 16.8. The van der Waals surface area contributed by atoms with Gasteiger partial charge in [-0.2, -0.15) is 0 Å². The average Bonchev–Trinajstić information content (AvgIpc) is 2.98. The van der Waals surface area contributed by atoms with Crippen LogP contribution in [-0.2, 0) is 9.59 Å². The molecule has 1 unspecified atom stereocenters. The molecule has 1 atom stereocenters. The van der Waals surface area contributed by atoms with Gasteiger partial charge in [0.05, 0.1) is 33.8 Å². The number of quaternary nitrogens is 1. The summed E-state index contributed by atoms with van der Waals surface area (Å²) in [6.07, 6.45) is 3.69. The third-order valence-corrected chi connectivity index (χ3v) is 4.98. The van der Waals surface area contributed by atoms with E-state index in [4.69, 9.17) is 4.74 Å². The first-order chi connectivity index (χ1) is 14.0. The lowest BCUT2D eigenvalue weighted by molar-refractivity contribution is -0.858. The first kappa shape index (κ1) is 20.5. The molecule has 1 aromatic heterocycles. The van der Waals surface area contributed by atoms with E-state index in [0.29, 0.717) is 29.8 Å². The van der Waals surface area contributed by atoms with Crippen LogP contribution in [0.5, 0.6) is 5.75 Å². The average molecular weight is 395 g/mol. The Labute approximate surface area is 170 Å². The molecule has 0 saturated carbocycles. The van der Waals surface area contributed by atoms with Crippen LogP contribution >= 0.6 is 0 Å². The summed E-state index contributed by atoms with van der Waals surface area (Å²) in [6.45, 7) is 1.22. The van der Waals surface area contributed by atoms with Crippen LogP contribution in [0.4, 0.5) is 0 Å². The van der Waals surface area contributed by atoms with Crippen LogP contribution in [0.1, 0.15) is 23.6 Å². The summed E-state index contributed by atoms with van der Waals surface area (Å²) in [5, 5.41) is 13.2. The second kappa shape index (κ2) is 8.87. The van der Waals surface area contributed by atoms with Gasteiger partial charge in [0.25, 0.3) is 5.91 Å². The van der Waals surface area contributed by atoms with Crippen LogP contribution in [-0.4, -0.2) is 55.9 Å². The Kier molecular flexibility index (Phi) is 6.29. The van der Waals surface area contributed by atoms with Crippen LogP contribution in [0, 0.1) is 0 Å². The third-order valence-electron chi connectivity index (χ3n) is 4.98. The molecule has 0 aliphatic carbocycles. The number of Topliss-reactive ketones (excluding diaryl/α,β-unsaturated/α-hetero) is 1. The number of hydrogen-bond donors (Lipinski definition) is 1. The van der Waals surface area contributed by atoms with E-state index in [2.05, 4.69) is 4.98 Å². The summed E-state index contributed by atoms with van der Waals surface area (Å²) >= 11 is 0. The van der Waals surface area contributed by atoms with Gasteiger partial charge in [-0.3, -0.25) is 14.6 Å². The van der Waals surface area contributed by atoms with Crippen molar-refractivity contribution in [3.05, 3.63) is 65.5 Å². The van der Waals surface area contributed by atoms with Gasteiger partial charge in [0.2, 0.25) is 5.78 Å². The number of ketones is 1. The van der Waals surface area contributed by atoms with Gasteiger partial charge >= 0.3 is 0 Å². The third kappa shape index (κ3) is 4.14. The number of nitrogens with one attached hydrogen (secondary N) is 1. The van der Waals surface area contributed by atoms with Crippen molar-refractivity contribution in [2.75, 3.05) is 34.3 Å². The highest BCUT2D eigenvalue weighted by Gasteiger charge is 2.44. The van der Waals surface area contributed by atoms with Crippen LogP contribution in [0.25, 0.3) is 5.76 Å². The second-order valence-corrected chi connectivity index (χ2v) is 7.26. The van der Waals surface area contributed by atoms with E-state index in [-0.39, 0.29) is 5.57 Å². The van der Waals surface area contributed by atoms with Gasteiger partial charge in [0.15, 0.2) is 0 Å². The van der Waals surface area contributed by atoms with Crippen molar-refractivity contribution in [2.24, 2.45) is 0 Å². The van der Waals surface area contributed by atoms with Gasteiger partial charge in [0.1, 0.15) is 5.75 Å². The normalized spacial score (nSPS) is 18.5. The molecule has 1 aliphatic rings. The van der Waals surface area contributed by atoms with Crippen molar-refractivity contribution in [3.63, 3.8) is 0 Å². The molecule has 1 N–H and O–H groups in total. The number of pyridine rings is 1. The van der Waals surface area contributed by atoms with Gasteiger partial charge in [-0.15, -0.1) is 0 Å². The summed E-state index contributed by atoms with van der Waals surface area (Å²) in [6, 6.07) is 9.49. The molecule has 2 heterocycles. The first-order valence-electron chi connectivity index (χ1n) is 9.54. The Bertz CT molecular complexity index is 925. The summed E-state index contributed by atoms with van der Waals surface area (Å²) in [7, 11) is 5.58. The summed E-state index contributed by atoms with van der Waals surface area (Å²) in [4.78, 5) is 32.4. The smallest absolute Gasteiger partial charge is 0.295 e. The molecule has 7 heteroatoms. The van der Waals surface area contributed by atoms with Crippen LogP contribution in [0.15, 0.2) is 54.4 Å². The number of rotatable bonds is 7. The maximum Gasteiger partial charge on any atom is 0.295 e. The molecule has 1 aromatic carbocycles. The lowest BCUT2D eigenvalue weighted by Crippen LogP contribution is -3.05. The zero-order chi connectivity index (χ0) is 21.0. The van der Waals surface area contributed by atoms with E-state index in [0.717, 1.165) is 6.54 Å². The number of nitrogens with zero attached hydrogens (tertiary/aromatic N) is 2. The molecule has 1 aliphatic heterocycles. The molecule has 3 rings (SSSR count). The van der Waals surface area contributed by atoms with Gasteiger partial charge < -0.3 is 19.6 Å².